The van der Waals surface area contributed by atoms with E-state index >= 15 is 0 Å². The van der Waals surface area contributed by atoms with Crippen molar-refractivity contribution in [2.45, 2.75) is 18.9 Å². The summed E-state index contributed by atoms with van der Waals surface area (Å²) in [5.74, 6) is -2.38. The van der Waals surface area contributed by atoms with E-state index in [1.54, 1.807) is 0 Å². The Morgan fingerprint density at radius 3 is 2.70 bits per heavy atom. The van der Waals surface area contributed by atoms with E-state index in [0.29, 0.717) is 5.57 Å². The summed E-state index contributed by atoms with van der Waals surface area (Å²) in [7, 11) is 0. The highest BCUT2D eigenvalue weighted by Crippen LogP contribution is 2.29. The minimum Gasteiger partial charge on any atom is -0.482 e. The molecule has 8 heteroatoms. The maximum Gasteiger partial charge on any atom is 0.341 e. The molecular formula is C15H16N2O6. The van der Waals surface area contributed by atoms with Gasteiger partial charge in [-0.25, -0.2) is 4.79 Å². The Balaban J connectivity index is 2.23. The van der Waals surface area contributed by atoms with E-state index in [2.05, 4.69) is 18.5 Å². The van der Waals surface area contributed by atoms with Crippen LogP contribution in [0.2, 0.25) is 0 Å². The Kier molecular flexibility index (Phi) is 4.63. The molecule has 0 spiro atoms. The molecule has 23 heavy (non-hydrogen) atoms. The molecule has 8 nitrogen and oxygen atoms in total. The van der Waals surface area contributed by atoms with E-state index in [9.17, 15) is 19.2 Å². The molecule has 0 aliphatic carbocycles. The lowest BCUT2D eigenvalue weighted by Crippen LogP contribution is -2.52. The lowest BCUT2D eigenvalue weighted by Gasteiger charge is -2.28. The van der Waals surface area contributed by atoms with Crippen LogP contribution in [0.25, 0.3) is 0 Å². The van der Waals surface area contributed by atoms with Crippen LogP contribution < -0.4 is 5.32 Å². The highest BCUT2D eigenvalue weighted by atomic mass is 16.5. The van der Waals surface area contributed by atoms with Crippen molar-refractivity contribution in [3.05, 3.63) is 36.1 Å². The van der Waals surface area contributed by atoms with Gasteiger partial charge in [-0.15, -0.1) is 0 Å². The van der Waals surface area contributed by atoms with Crippen LogP contribution in [0.15, 0.2) is 36.1 Å². The second-order valence-corrected chi connectivity index (χ2v) is 5.11. The van der Waals surface area contributed by atoms with Gasteiger partial charge in [-0.1, -0.05) is 13.2 Å². The molecule has 0 aromatic rings. The Hall–Kier alpha value is -2.90. The fourth-order valence-electron chi connectivity index (χ4n) is 2.51. The number of carboxylic acid groups (broad SMARTS) is 1. The zero-order valence-corrected chi connectivity index (χ0v) is 12.3. The normalized spacial score (nSPS) is 23.7. The van der Waals surface area contributed by atoms with Crippen LogP contribution in [0.4, 0.5) is 0 Å². The Labute approximate surface area is 132 Å². The molecule has 1 unspecified atom stereocenters. The lowest BCUT2D eigenvalue weighted by atomic mass is 10.0. The smallest absolute Gasteiger partial charge is 0.341 e. The number of aliphatic carboxylic acids is 1. The van der Waals surface area contributed by atoms with E-state index in [-0.39, 0.29) is 36.6 Å². The third kappa shape index (κ3) is 3.31. The lowest BCUT2D eigenvalue weighted by molar-refractivity contribution is -0.142. The van der Waals surface area contributed by atoms with Crippen molar-refractivity contribution in [3.8, 4) is 0 Å². The second kappa shape index (κ2) is 6.47. The topological polar surface area (TPSA) is 113 Å². The van der Waals surface area contributed by atoms with Crippen LogP contribution in [0.5, 0.6) is 0 Å². The number of imide groups is 1. The molecule has 3 amide bonds. The molecule has 0 saturated carbocycles. The van der Waals surface area contributed by atoms with Gasteiger partial charge in [-0.2, -0.15) is 0 Å². The average Bonchev–Trinajstić information content (AvgIpc) is 2.77. The van der Waals surface area contributed by atoms with Crippen LogP contribution in [0.3, 0.4) is 0 Å². The van der Waals surface area contributed by atoms with E-state index in [0.717, 1.165) is 0 Å². The summed E-state index contributed by atoms with van der Waals surface area (Å²) in [5, 5.41) is 10.9. The predicted molar refractivity (Wildman–Crippen MR) is 77.8 cm³/mol. The van der Waals surface area contributed by atoms with Crippen molar-refractivity contribution < 1.29 is 29.0 Å². The molecule has 2 fully saturated rings. The molecule has 2 saturated heterocycles. The summed E-state index contributed by atoms with van der Waals surface area (Å²) in [5.41, 5.74) is 0.505. The third-order valence-electron chi connectivity index (χ3n) is 3.63. The Bertz CT molecular complexity index is 648. The number of allylic oxidation sites excluding steroid dienone is 1. The fraction of sp³-hybridized carbons (Fsp3) is 0.333. The first-order chi connectivity index (χ1) is 10.8. The van der Waals surface area contributed by atoms with Gasteiger partial charge in [0.1, 0.15) is 11.8 Å². The van der Waals surface area contributed by atoms with Crippen molar-refractivity contribution in [3.63, 3.8) is 0 Å². The first kappa shape index (κ1) is 16.5. The van der Waals surface area contributed by atoms with Gasteiger partial charge in [-0.05, 0) is 12.5 Å². The minimum atomic E-state index is -1.16. The van der Waals surface area contributed by atoms with Crippen LogP contribution in [0.1, 0.15) is 12.8 Å². The van der Waals surface area contributed by atoms with Crippen molar-refractivity contribution in [1.82, 2.24) is 10.2 Å². The summed E-state index contributed by atoms with van der Waals surface area (Å²) >= 11 is 0. The zero-order chi connectivity index (χ0) is 17.1. The number of carbonyl (C=O) groups is 4. The summed E-state index contributed by atoms with van der Waals surface area (Å²) < 4.78 is 5.10. The number of carbonyl (C=O) groups excluding carboxylic acids is 3. The molecular weight excluding hydrogens is 304 g/mol. The number of hydrogen-bond acceptors (Lipinski definition) is 5. The average molecular weight is 320 g/mol. The summed E-state index contributed by atoms with van der Waals surface area (Å²) in [4.78, 5) is 47.3. The maximum atomic E-state index is 12.3. The second-order valence-electron chi connectivity index (χ2n) is 5.11. The first-order valence-electron chi connectivity index (χ1n) is 6.89. The largest absolute Gasteiger partial charge is 0.482 e. The molecule has 0 aromatic heterocycles. The summed E-state index contributed by atoms with van der Waals surface area (Å²) in [6.07, 6.45) is 1.68. The van der Waals surface area contributed by atoms with Crippen molar-refractivity contribution in [1.29, 1.82) is 0 Å². The molecule has 2 N–H and O–H groups in total. The van der Waals surface area contributed by atoms with Gasteiger partial charge in [0.25, 0.3) is 5.91 Å². The number of nitrogens with zero attached hydrogens (tertiary/aromatic N) is 1. The van der Waals surface area contributed by atoms with Gasteiger partial charge < -0.3 is 14.7 Å². The van der Waals surface area contributed by atoms with Gasteiger partial charge in [0.15, 0.2) is 6.61 Å². The van der Waals surface area contributed by atoms with Gasteiger partial charge in [0.05, 0.1) is 6.54 Å². The standard InChI is InChI=1S/C15H16N2O6/c1-3-11(23-7-13(19)20)9-6-17(15(22)8(9)2)10-4-5-12(18)16-14(10)21/h3,10H,1-2,4-7H2,(H,19,20)(H,16,18,21)/b11-9+. The number of piperidine rings is 1. The quantitative estimate of drug-likeness (QED) is 0.410. The van der Waals surface area contributed by atoms with Crippen LogP contribution in [0, 0.1) is 0 Å². The molecule has 2 aliphatic rings. The van der Waals surface area contributed by atoms with E-state index < -0.39 is 30.4 Å². The van der Waals surface area contributed by atoms with Crippen molar-refractivity contribution in [2.75, 3.05) is 13.2 Å². The maximum absolute atomic E-state index is 12.3. The highest BCUT2D eigenvalue weighted by molar-refractivity contribution is 6.06. The van der Waals surface area contributed by atoms with Crippen molar-refractivity contribution >= 4 is 23.7 Å². The molecule has 1 atom stereocenters. The monoisotopic (exact) mass is 320 g/mol. The zero-order valence-electron chi connectivity index (χ0n) is 12.3. The molecule has 0 bridgehead atoms. The Morgan fingerprint density at radius 1 is 1.43 bits per heavy atom. The molecule has 2 heterocycles. The molecule has 2 aliphatic heterocycles. The van der Waals surface area contributed by atoms with Gasteiger partial charge in [0.2, 0.25) is 11.8 Å². The number of ether oxygens (including phenoxy) is 1. The molecule has 122 valence electrons. The predicted octanol–water partition coefficient (Wildman–Crippen LogP) is -0.269. The number of nitrogens with one attached hydrogen (secondary N) is 1. The number of carboxylic acids is 1. The van der Waals surface area contributed by atoms with Gasteiger partial charge >= 0.3 is 5.97 Å². The van der Waals surface area contributed by atoms with Gasteiger partial charge in [0, 0.05) is 17.6 Å². The number of likely N-dealkylation sites (tertiary alicyclic amines) is 1. The third-order valence-corrected chi connectivity index (χ3v) is 3.63. The van der Waals surface area contributed by atoms with Crippen LogP contribution >= 0.6 is 0 Å². The van der Waals surface area contributed by atoms with Crippen LogP contribution in [-0.2, 0) is 23.9 Å². The molecule has 0 aromatic carbocycles. The number of amides is 3. The molecule has 2 rings (SSSR count). The number of rotatable bonds is 5. The first-order valence-corrected chi connectivity index (χ1v) is 6.89. The van der Waals surface area contributed by atoms with Crippen LogP contribution in [-0.4, -0.2) is 52.9 Å². The summed E-state index contributed by atoms with van der Waals surface area (Å²) in [6.45, 7) is 6.68. The fourth-order valence-corrected chi connectivity index (χ4v) is 2.51. The molecule has 0 radical (unpaired) electrons. The minimum absolute atomic E-state index is 0.0465. The summed E-state index contributed by atoms with van der Waals surface area (Å²) in [6, 6.07) is -0.764. The van der Waals surface area contributed by atoms with E-state index in [1.165, 1.54) is 11.0 Å². The van der Waals surface area contributed by atoms with E-state index in [1.807, 2.05) is 0 Å². The highest BCUT2D eigenvalue weighted by Gasteiger charge is 2.41. The van der Waals surface area contributed by atoms with Crippen molar-refractivity contribution in [2.24, 2.45) is 0 Å². The number of hydrogen-bond donors (Lipinski definition) is 2. The van der Waals surface area contributed by atoms with Gasteiger partial charge in [-0.3, -0.25) is 19.7 Å². The Morgan fingerprint density at radius 2 is 2.13 bits per heavy atom. The van der Waals surface area contributed by atoms with E-state index in [4.69, 9.17) is 9.84 Å². The SMILES string of the molecule is C=C/C(OCC(=O)O)=C1/CN(C2CCC(=O)NC2=O)C(=O)C1=C.